The van der Waals surface area contributed by atoms with E-state index in [1.165, 1.54) is 11.3 Å². The lowest BCUT2D eigenvalue weighted by molar-refractivity contribution is 0.366. The summed E-state index contributed by atoms with van der Waals surface area (Å²) < 4.78 is 28.0. The Labute approximate surface area is 129 Å². The first-order valence-electron chi connectivity index (χ1n) is 5.86. The SMILES string of the molecule is O=S(=O)(NCC1CCC(Br)CC1)c1ccc(Br)s1. The van der Waals surface area contributed by atoms with Crippen molar-refractivity contribution in [2.45, 2.75) is 34.7 Å². The van der Waals surface area contributed by atoms with E-state index in [2.05, 4.69) is 36.6 Å². The van der Waals surface area contributed by atoms with Crippen molar-refractivity contribution in [3.05, 3.63) is 15.9 Å². The summed E-state index contributed by atoms with van der Waals surface area (Å²) in [5, 5.41) is 0. The summed E-state index contributed by atoms with van der Waals surface area (Å²) in [5.74, 6) is 0.469. The van der Waals surface area contributed by atoms with Gasteiger partial charge in [0.15, 0.2) is 0 Å². The van der Waals surface area contributed by atoms with E-state index in [-0.39, 0.29) is 0 Å². The van der Waals surface area contributed by atoms with Crippen LogP contribution in [0.15, 0.2) is 20.1 Å². The van der Waals surface area contributed by atoms with Crippen LogP contribution in [0, 0.1) is 5.92 Å². The van der Waals surface area contributed by atoms with Gasteiger partial charge in [-0.05, 0) is 59.7 Å². The minimum Gasteiger partial charge on any atom is -0.210 e. The number of halogens is 2. The van der Waals surface area contributed by atoms with E-state index in [9.17, 15) is 8.42 Å². The van der Waals surface area contributed by atoms with Gasteiger partial charge in [0.25, 0.3) is 0 Å². The predicted molar refractivity (Wildman–Crippen MR) is 81.9 cm³/mol. The minimum absolute atomic E-state index is 0.378. The number of hydrogen-bond donors (Lipinski definition) is 1. The van der Waals surface area contributed by atoms with Gasteiger partial charge in [-0.3, -0.25) is 0 Å². The van der Waals surface area contributed by atoms with Gasteiger partial charge >= 0.3 is 0 Å². The number of sulfonamides is 1. The second-order valence-corrected chi connectivity index (χ2v) is 10.3. The molecule has 0 unspecified atom stereocenters. The molecular weight excluding hydrogens is 402 g/mol. The van der Waals surface area contributed by atoms with Crippen LogP contribution in [0.25, 0.3) is 0 Å². The summed E-state index contributed by atoms with van der Waals surface area (Å²) in [7, 11) is -3.33. The molecule has 1 aromatic rings. The average Bonchev–Trinajstić information content (AvgIpc) is 2.76. The molecule has 0 amide bonds. The van der Waals surface area contributed by atoms with Crippen LogP contribution in [-0.2, 0) is 10.0 Å². The van der Waals surface area contributed by atoms with Crippen LogP contribution in [0.5, 0.6) is 0 Å². The molecule has 1 N–H and O–H groups in total. The van der Waals surface area contributed by atoms with Gasteiger partial charge in [-0.2, -0.15) is 0 Å². The Morgan fingerprint density at radius 1 is 1.28 bits per heavy atom. The molecule has 0 radical (unpaired) electrons. The first-order chi connectivity index (χ1) is 8.47. The molecule has 18 heavy (non-hydrogen) atoms. The highest BCUT2D eigenvalue weighted by Gasteiger charge is 2.22. The topological polar surface area (TPSA) is 46.2 Å². The zero-order valence-corrected chi connectivity index (χ0v) is 14.5. The van der Waals surface area contributed by atoms with E-state index < -0.39 is 10.0 Å². The molecule has 1 heterocycles. The lowest BCUT2D eigenvalue weighted by Crippen LogP contribution is -2.31. The van der Waals surface area contributed by atoms with E-state index in [1.807, 2.05) is 0 Å². The zero-order valence-electron chi connectivity index (χ0n) is 9.73. The zero-order chi connectivity index (χ0) is 13.2. The molecule has 7 heteroatoms. The summed E-state index contributed by atoms with van der Waals surface area (Å²) in [6, 6.07) is 3.39. The number of rotatable bonds is 4. The van der Waals surface area contributed by atoms with Crippen molar-refractivity contribution in [3.63, 3.8) is 0 Å². The van der Waals surface area contributed by atoms with Crippen LogP contribution in [0.4, 0.5) is 0 Å². The van der Waals surface area contributed by atoms with Gasteiger partial charge in [0.05, 0.1) is 3.79 Å². The fourth-order valence-electron chi connectivity index (χ4n) is 2.07. The number of nitrogens with one attached hydrogen (secondary N) is 1. The highest BCUT2D eigenvalue weighted by Crippen LogP contribution is 2.29. The molecule has 0 saturated heterocycles. The Hall–Kier alpha value is 0.570. The van der Waals surface area contributed by atoms with E-state index in [0.717, 1.165) is 29.5 Å². The van der Waals surface area contributed by atoms with Crippen molar-refractivity contribution in [2.24, 2.45) is 5.92 Å². The molecule has 0 bridgehead atoms. The molecule has 0 aromatic carbocycles. The Bertz CT molecular complexity index is 493. The maximum atomic E-state index is 12.0. The van der Waals surface area contributed by atoms with Gasteiger partial charge in [0.1, 0.15) is 4.21 Å². The van der Waals surface area contributed by atoms with Gasteiger partial charge < -0.3 is 0 Å². The highest BCUT2D eigenvalue weighted by atomic mass is 79.9. The van der Waals surface area contributed by atoms with Gasteiger partial charge in [-0.1, -0.05) is 15.9 Å². The lowest BCUT2D eigenvalue weighted by atomic mass is 9.89. The van der Waals surface area contributed by atoms with Crippen molar-refractivity contribution < 1.29 is 8.42 Å². The molecule has 1 saturated carbocycles. The maximum Gasteiger partial charge on any atom is 0.250 e. The average molecular weight is 417 g/mol. The third-order valence-corrected chi connectivity index (χ3v) is 7.61. The van der Waals surface area contributed by atoms with E-state index in [0.29, 0.717) is 21.5 Å². The van der Waals surface area contributed by atoms with Gasteiger partial charge in [-0.15, -0.1) is 11.3 Å². The molecule has 102 valence electrons. The number of thiophene rings is 1. The smallest absolute Gasteiger partial charge is 0.210 e. The van der Waals surface area contributed by atoms with Crippen molar-refractivity contribution in [1.82, 2.24) is 4.72 Å². The summed E-state index contributed by atoms with van der Waals surface area (Å²) in [4.78, 5) is 0.610. The summed E-state index contributed by atoms with van der Waals surface area (Å²) >= 11 is 8.12. The second-order valence-electron chi connectivity index (χ2n) is 4.53. The minimum atomic E-state index is -3.33. The maximum absolute atomic E-state index is 12.0. The second kappa shape index (κ2) is 6.35. The number of hydrogen-bond acceptors (Lipinski definition) is 3. The predicted octanol–water partition coefficient (Wildman–Crippen LogP) is 3.74. The Kier molecular flexibility index (Phi) is 5.28. The van der Waals surface area contributed by atoms with Crippen molar-refractivity contribution in [1.29, 1.82) is 0 Å². The van der Waals surface area contributed by atoms with Gasteiger partial charge in [0, 0.05) is 11.4 Å². The molecular formula is C11H15Br2NO2S2. The molecule has 2 rings (SSSR count). The van der Waals surface area contributed by atoms with Gasteiger partial charge in [0.2, 0.25) is 10.0 Å². The third kappa shape index (κ3) is 4.03. The molecule has 1 fully saturated rings. The standard InChI is InChI=1S/C11H15Br2NO2S2/c12-9-3-1-8(2-4-9)7-14-18(15,16)11-6-5-10(13)17-11/h5-6,8-9,14H,1-4,7H2. The van der Waals surface area contributed by atoms with E-state index in [4.69, 9.17) is 0 Å². The first kappa shape index (κ1) is 15.0. The van der Waals surface area contributed by atoms with Crippen molar-refractivity contribution in [2.75, 3.05) is 6.54 Å². The summed E-state index contributed by atoms with van der Waals surface area (Å²) in [6.45, 7) is 0.553. The largest absolute Gasteiger partial charge is 0.250 e. The molecule has 1 aromatic heterocycles. The van der Waals surface area contributed by atoms with Crippen LogP contribution in [-0.4, -0.2) is 19.8 Å². The lowest BCUT2D eigenvalue weighted by Gasteiger charge is -2.25. The quantitative estimate of drug-likeness (QED) is 0.759. The van der Waals surface area contributed by atoms with Crippen molar-refractivity contribution >= 4 is 53.2 Å². The molecule has 0 aliphatic heterocycles. The van der Waals surface area contributed by atoms with E-state index >= 15 is 0 Å². The molecule has 0 atom stereocenters. The van der Waals surface area contributed by atoms with Crippen LogP contribution in [0.3, 0.4) is 0 Å². The summed E-state index contributed by atoms with van der Waals surface area (Å²) in [6.07, 6.45) is 4.45. The first-order valence-corrected chi connectivity index (χ1v) is 9.87. The van der Waals surface area contributed by atoms with Crippen LogP contribution in [0.1, 0.15) is 25.7 Å². The fourth-order valence-corrected chi connectivity index (χ4v) is 5.77. The monoisotopic (exact) mass is 415 g/mol. The Morgan fingerprint density at radius 2 is 1.94 bits per heavy atom. The fraction of sp³-hybridized carbons (Fsp3) is 0.636. The van der Waals surface area contributed by atoms with Gasteiger partial charge in [-0.25, -0.2) is 13.1 Å². The molecule has 1 aliphatic rings. The number of alkyl halides is 1. The Balaban J connectivity index is 1.90. The highest BCUT2D eigenvalue weighted by molar-refractivity contribution is 9.11. The molecule has 0 spiro atoms. The van der Waals surface area contributed by atoms with Crippen LogP contribution < -0.4 is 4.72 Å². The van der Waals surface area contributed by atoms with Crippen LogP contribution >= 0.6 is 43.2 Å². The summed E-state index contributed by atoms with van der Waals surface area (Å²) in [5.41, 5.74) is 0. The molecule has 3 nitrogen and oxygen atoms in total. The van der Waals surface area contributed by atoms with E-state index in [1.54, 1.807) is 12.1 Å². The molecule has 1 aliphatic carbocycles. The third-order valence-electron chi connectivity index (χ3n) is 3.15. The normalized spacial score (nSPS) is 25.2. The Morgan fingerprint density at radius 3 is 2.50 bits per heavy atom. The van der Waals surface area contributed by atoms with Crippen LogP contribution in [0.2, 0.25) is 0 Å². The van der Waals surface area contributed by atoms with Crippen molar-refractivity contribution in [3.8, 4) is 0 Å².